The predicted octanol–water partition coefficient (Wildman–Crippen LogP) is 3.76. The molecule has 168 valence electrons. The minimum atomic E-state index is -0.114. The molecule has 32 heavy (non-hydrogen) atoms. The van der Waals surface area contributed by atoms with Crippen molar-refractivity contribution < 1.29 is 19.1 Å². The number of rotatable bonds is 4. The van der Waals surface area contributed by atoms with Crippen molar-refractivity contribution in [3.63, 3.8) is 0 Å². The lowest BCUT2D eigenvalue weighted by Gasteiger charge is -2.33. The summed E-state index contributed by atoms with van der Waals surface area (Å²) < 4.78 is 11.2. The molecule has 0 atom stereocenters. The van der Waals surface area contributed by atoms with Gasteiger partial charge in [-0.3, -0.25) is 4.79 Å². The Bertz CT molecular complexity index is 1040. The fourth-order valence-corrected chi connectivity index (χ4v) is 4.63. The minimum Gasteiger partial charge on any atom is -0.486 e. The first-order valence-electron chi connectivity index (χ1n) is 10.3. The summed E-state index contributed by atoms with van der Waals surface area (Å²) in [4.78, 5) is 29.5. The van der Waals surface area contributed by atoms with Crippen molar-refractivity contribution >= 4 is 41.4 Å². The molecule has 9 heteroatoms. The van der Waals surface area contributed by atoms with Gasteiger partial charge in [-0.15, -0.1) is 0 Å². The maximum Gasteiger partial charge on any atom is 0.317 e. The second-order valence-electron chi connectivity index (χ2n) is 7.30. The molecule has 2 aromatic rings. The van der Waals surface area contributed by atoms with Crippen LogP contribution < -0.4 is 14.8 Å². The standard InChI is InChI=1S/C23H24ClN3O4S/c1-25-23(29)27-10-8-26(9-11-27)22(28)7-3-16-2-6-21(18(24)14-16)32-17-4-5-19-20(15-17)31-13-12-30-19/h2-7,14-15H,8-13H2,1H3,(H,25,29). The molecular formula is C23H24ClN3O4S. The van der Waals surface area contributed by atoms with Gasteiger partial charge in [0.2, 0.25) is 5.91 Å². The van der Waals surface area contributed by atoms with E-state index in [0.717, 1.165) is 26.9 Å². The van der Waals surface area contributed by atoms with Crippen LogP contribution in [0.25, 0.3) is 6.08 Å². The number of nitrogens with zero attached hydrogens (tertiary/aromatic N) is 2. The molecule has 0 aromatic heterocycles. The molecule has 0 radical (unpaired) electrons. The van der Waals surface area contributed by atoms with Gasteiger partial charge in [0.1, 0.15) is 13.2 Å². The molecule has 2 aromatic carbocycles. The summed E-state index contributed by atoms with van der Waals surface area (Å²) in [6.45, 7) is 3.19. The first-order valence-corrected chi connectivity index (χ1v) is 11.5. The van der Waals surface area contributed by atoms with E-state index in [1.54, 1.807) is 40.8 Å². The van der Waals surface area contributed by atoms with E-state index in [1.165, 1.54) is 0 Å². The molecule has 2 heterocycles. The second-order valence-corrected chi connectivity index (χ2v) is 8.82. The summed E-state index contributed by atoms with van der Waals surface area (Å²) in [6, 6.07) is 11.4. The fourth-order valence-electron chi connectivity index (χ4n) is 3.48. The Morgan fingerprint density at radius 3 is 2.44 bits per heavy atom. The Balaban J connectivity index is 1.35. The van der Waals surface area contributed by atoms with Crippen molar-refractivity contribution in [2.45, 2.75) is 9.79 Å². The van der Waals surface area contributed by atoms with Gasteiger partial charge in [0.25, 0.3) is 0 Å². The number of hydrogen-bond donors (Lipinski definition) is 1. The highest BCUT2D eigenvalue weighted by molar-refractivity contribution is 7.99. The third-order valence-electron chi connectivity index (χ3n) is 5.21. The normalized spacial score (nSPS) is 15.7. The van der Waals surface area contributed by atoms with Crippen LogP contribution in [0.3, 0.4) is 0 Å². The van der Waals surface area contributed by atoms with E-state index in [2.05, 4.69) is 5.32 Å². The Kier molecular flexibility index (Phi) is 7.12. The van der Waals surface area contributed by atoms with Crippen molar-refractivity contribution in [3.8, 4) is 11.5 Å². The Hall–Kier alpha value is -2.84. The Morgan fingerprint density at radius 1 is 1.00 bits per heavy atom. The van der Waals surface area contributed by atoms with E-state index in [-0.39, 0.29) is 11.9 Å². The SMILES string of the molecule is CNC(=O)N1CCN(C(=O)C=Cc2ccc(Sc3ccc4c(c3)OCCO4)c(Cl)c2)CC1. The molecule has 0 unspecified atom stereocenters. The molecule has 1 saturated heterocycles. The summed E-state index contributed by atoms with van der Waals surface area (Å²) in [6.07, 6.45) is 3.31. The molecule has 2 aliphatic rings. The lowest BCUT2D eigenvalue weighted by atomic mass is 10.2. The summed E-state index contributed by atoms with van der Waals surface area (Å²) in [7, 11) is 1.60. The minimum absolute atomic E-state index is 0.0765. The quantitative estimate of drug-likeness (QED) is 0.684. The van der Waals surface area contributed by atoms with Crippen LogP contribution in [0.2, 0.25) is 5.02 Å². The van der Waals surface area contributed by atoms with Gasteiger partial charge >= 0.3 is 6.03 Å². The van der Waals surface area contributed by atoms with Gasteiger partial charge in [-0.25, -0.2) is 4.79 Å². The number of nitrogens with one attached hydrogen (secondary N) is 1. The van der Waals surface area contributed by atoms with Crippen LogP contribution in [0.5, 0.6) is 11.5 Å². The molecule has 0 saturated carbocycles. The first kappa shape index (κ1) is 22.4. The van der Waals surface area contributed by atoms with Crippen molar-refractivity contribution in [1.29, 1.82) is 0 Å². The average Bonchev–Trinajstić information content (AvgIpc) is 2.83. The number of ether oxygens (including phenoxy) is 2. The molecular weight excluding hydrogens is 450 g/mol. The van der Waals surface area contributed by atoms with Gasteiger partial charge in [-0.05, 0) is 42.0 Å². The number of benzene rings is 2. The maximum atomic E-state index is 12.5. The van der Waals surface area contributed by atoms with Gasteiger partial charge in [0.05, 0.1) is 5.02 Å². The van der Waals surface area contributed by atoms with Crippen molar-refractivity contribution in [2.75, 3.05) is 46.4 Å². The van der Waals surface area contributed by atoms with Crippen LogP contribution in [-0.4, -0.2) is 68.2 Å². The van der Waals surface area contributed by atoms with Gasteiger partial charge in [0.15, 0.2) is 11.5 Å². The van der Waals surface area contributed by atoms with Gasteiger partial charge in [0, 0.05) is 49.1 Å². The van der Waals surface area contributed by atoms with Crippen molar-refractivity contribution in [2.24, 2.45) is 0 Å². The topological polar surface area (TPSA) is 71.1 Å². The second kappa shape index (κ2) is 10.2. The third-order valence-corrected chi connectivity index (χ3v) is 6.70. The van der Waals surface area contributed by atoms with Crippen molar-refractivity contribution in [3.05, 3.63) is 53.1 Å². The number of carbonyl (C=O) groups is 2. The zero-order valence-corrected chi connectivity index (χ0v) is 19.2. The molecule has 2 aliphatic heterocycles. The van der Waals surface area contributed by atoms with E-state index in [9.17, 15) is 9.59 Å². The van der Waals surface area contributed by atoms with Gasteiger partial charge < -0.3 is 24.6 Å². The maximum absolute atomic E-state index is 12.5. The largest absolute Gasteiger partial charge is 0.486 e. The first-order chi connectivity index (χ1) is 15.5. The predicted molar refractivity (Wildman–Crippen MR) is 125 cm³/mol. The number of piperazine rings is 1. The highest BCUT2D eigenvalue weighted by Gasteiger charge is 2.22. The average molecular weight is 474 g/mol. The van der Waals surface area contributed by atoms with Gasteiger partial charge in [-0.2, -0.15) is 0 Å². The lowest BCUT2D eigenvalue weighted by molar-refractivity contribution is -0.127. The fraction of sp³-hybridized carbons (Fsp3) is 0.304. The van der Waals surface area contributed by atoms with Crippen LogP contribution >= 0.6 is 23.4 Å². The highest BCUT2D eigenvalue weighted by Crippen LogP contribution is 2.39. The van der Waals surface area contributed by atoms with Crippen LogP contribution in [-0.2, 0) is 4.79 Å². The number of halogens is 1. The van der Waals surface area contributed by atoms with Crippen LogP contribution in [0, 0.1) is 0 Å². The summed E-state index contributed by atoms with van der Waals surface area (Å²) >= 11 is 8.04. The zero-order valence-electron chi connectivity index (χ0n) is 17.7. The van der Waals surface area contributed by atoms with E-state index < -0.39 is 0 Å². The number of hydrogen-bond acceptors (Lipinski definition) is 5. The van der Waals surface area contributed by atoms with E-state index >= 15 is 0 Å². The summed E-state index contributed by atoms with van der Waals surface area (Å²) in [5.74, 6) is 1.42. The van der Waals surface area contributed by atoms with Crippen LogP contribution in [0.1, 0.15) is 5.56 Å². The Morgan fingerprint density at radius 2 is 1.72 bits per heavy atom. The van der Waals surface area contributed by atoms with Crippen molar-refractivity contribution in [1.82, 2.24) is 15.1 Å². The molecule has 0 spiro atoms. The number of urea groups is 1. The Labute approximate surface area is 196 Å². The van der Waals surface area contributed by atoms with E-state index in [4.69, 9.17) is 21.1 Å². The molecule has 0 bridgehead atoms. The number of fused-ring (bicyclic) bond motifs is 1. The van der Waals surface area contributed by atoms with Crippen LogP contribution in [0.4, 0.5) is 4.79 Å². The lowest BCUT2D eigenvalue weighted by Crippen LogP contribution is -2.52. The smallest absolute Gasteiger partial charge is 0.317 e. The molecule has 0 aliphatic carbocycles. The third kappa shape index (κ3) is 5.31. The van der Waals surface area contributed by atoms with Gasteiger partial charge in [-0.1, -0.05) is 29.4 Å². The van der Waals surface area contributed by atoms with E-state index in [1.807, 2.05) is 36.4 Å². The molecule has 4 rings (SSSR count). The summed E-state index contributed by atoms with van der Waals surface area (Å²) in [5, 5.41) is 3.22. The van der Waals surface area contributed by atoms with Crippen LogP contribution in [0.15, 0.2) is 52.3 Å². The molecule has 1 fully saturated rings. The monoisotopic (exact) mass is 473 g/mol. The molecule has 1 N–H and O–H groups in total. The number of carbonyl (C=O) groups excluding carboxylic acids is 2. The molecule has 7 nitrogen and oxygen atoms in total. The van der Waals surface area contributed by atoms with E-state index in [0.29, 0.717) is 44.4 Å². The highest BCUT2D eigenvalue weighted by atomic mass is 35.5. The zero-order chi connectivity index (χ0) is 22.5. The molecule has 3 amide bonds. The number of amides is 3. The summed E-state index contributed by atoms with van der Waals surface area (Å²) in [5.41, 5.74) is 0.846.